The molecular weight excluding hydrogens is 370 g/mol. The zero-order chi connectivity index (χ0) is 18.0. The van der Waals surface area contributed by atoms with Crippen molar-refractivity contribution in [2.75, 3.05) is 0 Å². The summed E-state index contributed by atoms with van der Waals surface area (Å²) in [7, 11) is 0. The first-order valence-electron chi connectivity index (χ1n) is 8.19. The molecule has 1 aliphatic rings. The summed E-state index contributed by atoms with van der Waals surface area (Å²) in [5.41, 5.74) is 1.14. The third-order valence-corrected chi connectivity index (χ3v) is 6.11. The maximum atomic E-state index is 6.35. The lowest BCUT2D eigenvalue weighted by atomic mass is 9.92. The number of hydrogen-bond acceptors (Lipinski definition) is 5. The van der Waals surface area contributed by atoms with Crippen LogP contribution in [0, 0.1) is 0 Å². The zero-order valence-electron chi connectivity index (χ0n) is 14.0. The summed E-state index contributed by atoms with van der Waals surface area (Å²) in [5, 5.41) is 4.86. The van der Waals surface area contributed by atoms with Crippen LogP contribution in [0.4, 0.5) is 0 Å². The topological polar surface area (TPSA) is 57.8 Å². The van der Waals surface area contributed by atoms with Crippen LogP contribution in [0.2, 0.25) is 5.02 Å². The van der Waals surface area contributed by atoms with Crippen LogP contribution in [0.15, 0.2) is 67.1 Å². The fourth-order valence-electron chi connectivity index (χ4n) is 3.32. The Kier molecular flexibility index (Phi) is 4.84. The molecule has 3 heterocycles. The number of rotatable bonds is 7. The maximum absolute atomic E-state index is 6.35. The Balaban J connectivity index is 1.70. The van der Waals surface area contributed by atoms with E-state index in [-0.39, 0.29) is 10.9 Å². The minimum atomic E-state index is -0.240. The Labute approximate surface area is 160 Å². The summed E-state index contributed by atoms with van der Waals surface area (Å²) in [4.78, 5) is 9.29. The van der Waals surface area contributed by atoms with E-state index < -0.39 is 0 Å². The van der Waals surface area contributed by atoms with Crippen molar-refractivity contribution in [3.63, 3.8) is 0 Å². The van der Waals surface area contributed by atoms with Gasteiger partial charge in [-0.2, -0.15) is 5.10 Å². The molecule has 0 saturated heterocycles. The molecule has 0 saturated carbocycles. The van der Waals surface area contributed by atoms with Gasteiger partial charge in [-0.25, -0.2) is 14.6 Å². The third kappa shape index (κ3) is 3.30. The van der Waals surface area contributed by atoms with Crippen LogP contribution in [-0.2, 0) is 18.0 Å². The molecule has 1 aliphatic heterocycles. The molecule has 0 spiro atoms. The Morgan fingerprint density at radius 3 is 3.00 bits per heavy atom. The highest BCUT2D eigenvalue weighted by Gasteiger charge is 2.47. The first kappa shape index (κ1) is 17.3. The van der Waals surface area contributed by atoms with Gasteiger partial charge in [-0.3, -0.25) is 0 Å². The van der Waals surface area contributed by atoms with E-state index in [0.717, 1.165) is 28.4 Å². The van der Waals surface area contributed by atoms with E-state index in [0.29, 0.717) is 6.73 Å². The Bertz CT molecular complexity index is 883. The van der Waals surface area contributed by atoms with Crippen LogP contribution < -0.4 is 0 Å². The number of ether oxygens (including phenoxy) is 1. The van der Waals surface area contributed by atoms with E-state index in [1.54, 1.807) is 29.0 Å². The largest absolute Gasteiger partial charge is 0.350 e. The predicted octanol–water partition coefficient (Wildman–Crippen LogP) is 3.96. The molecule has 0 bridgehead atoms. The quantitative estimate of drug-likeness (QED) is 0.574. The smallest absolute Gasteiger partial charge is 0.142 e. The van der Waals surface area contributed by atoms with Crippen LogP contribution in [0.5, 0.6) is 0 Å². The van der Waals surface area contributed by atoms with Crippen molar-refractivity contribution in [3.05, 3.63) is 72.8 Å². The fourth-order valence-corrected chi connectivity index (χ4v) is 5.19. The summed E-state index contributed by atoms with van der Waals surface area (Å²) in [6, 6.07) is 5.97. The summed E-state index contributed by atoms with van der Waals surface area (Å²) in [6.07, 6.45) is 11.3. The number of allylic oxidation sites excluding steroid dienone is 1. The van der Waals surface area contributed by atoms with Crippen molar-refractivity contribution in [2.24, 2.45) is 0 Å². The minimum absolute atomic E-state index is 0.135. The minimum Gasteiger partial charge on any atom is -0.350 e. The number of aromatic nitrogens is 5. The van der Waals surface area contributed by atoms with Crippen molar-refractivity contribution < 1.29 is 4.74 Å². The number of halogens is 1. The van der Waals surface area contributed by atoms with Crippen LogP contribution in [0.1, 0.15) is 18.1 Å². The predicted molar refractivity (Wildman–Crippen MR) is 101 cm³/mol. The van der Waals surface area contributed by atoms with E-state index in [9.17, 15) is 0 Å². The van der Waals surface area contributed by atoms with Gasteiger partial charge in [-0.15, -0.1) is 18.3 Å². The monoisotopic (exact) mass is 387 g/mol. The average molecular weight is 388 g/mol. The van der Waals surface area contributed by atoms with Gasteiger partial charge in [0.15, 0.2) is 0 Å². The molecule has 8 heteroatoms. The second-order valence-corrected chi connectivity index (χ2v) is 8.08. The molecule has 0 aliphatic carbocycles. The molecule has 0 radical (unpaired) electrons. The van der Waals surface area contributed by atoms with Crippen molar-refractivity contribution in [1.82, 2.24) is 24.3 Å². The van der Waals surface area contributed by atoms with Crippen LogP contribution in [0.3, 0.4) is 0 Å². The maximum Gasteiger partial charge on any atom is 0.142 e. The van der Waals surface area contributed by atoms with Crippen molar-refractivity contribution >= 4 is 23.4 Å². The Hall–Kier alpha value is -2.09. The normalized spacial score (nSPS) is 21.7. The fraction of sp³-hybridized carbons (Fsp3) is 0.278. The molecular formula is C18H18ClN5OS. The second-order valence-electron chi connectivity index (χ2n) is 6.19. The molecule has 2 atom stereocenters. The summed E-state index contributed by atoms with van der Waals surface area (Å²) >= 11 is 8.02. The standard InChI is InChI=1S/C18H18ClN5OS/c1-2-5-18(9-23-7-6-20-11-23)17(25-13-24-12-21-10-22-24)15-4-3-14(19)8-16(15)26-18/h2-4,6-8,10-12,17H,1,5,9,13H2/t17-,18+/m0/s1. The molecule has 26 heavy (non-hydrogen) atoms. The van der Waals surface area contributed by atoms with Crippen LogP contribution in [-0.4, -0.2) is 29.1 Å². The van der Waals surface area contributed by atoms with Gasteiger partial charge in [-0.05, 0) is 24.1 Å². The van der Waals surface area contributed by atoms with Gasteiger partial charge in [0, 0.05) is 28.9 Å². The molecule has 134 valence electrons. The lowest BCUT2D eigenvalue weighted by Crippen LogP contribution is -2.35. The Morgan fingerprint density at radius 2 is 2.27 bits per heavy atom. The van der Waals surface area contributed by atoms with Gasteiger partial charge in [0.25, 0.3) is 0 Å². The molecule has 0 unspecified atom stereocenters. The van der Waals surface area contributed by atoms with Crippen molar-refractivity contribution in [2.45, 2.75) is 35.4 Å². The highest BCUT2D eigenvalue weighted by molar-refractivity contribution is 8.01. The molecule has 1 aromatic carbocycles. The average Bonchev–Trinajstić information content (AvgIpc) is 3.34. The molecule has 2 aromatic heterocycles. The van der Waals surface area contributed by atoms with Gasteiger partial charge in [0.1, 0.15) is 25.5 Å². The number of benzene rings is 1. The van der Waals surface area contributed by atoms with Crippen molar-refractivity contribution in [1.29, 1.82) is 0 Å². The van der Waals surface area contributed by atoms with Gasteiger partial charge < -0.3 is 9.30 Å². The van der Waals surface area contributed by atoms with Crippen molar-refractivity contribution in [3.8, 4) is 0 Å². The molecule has 6 nitrogen and oxygen atoms in total. The van der Waals surface area contributed by atoms with Gasteiger partial charge in [-0.1, -0.05) is 23.7 Å². The van der Waals surface area contributed by atoms with Crippen LogP contribution >= 0.6 is 23.4 Å². The highest BCUT2D eigenvalue weighted by atomic mass is 35.5. The zero-order valence-corrected chi connectivity index (χ0v) is 15.6. The number of fused-ring (bicyclic) bond motifs is 1. The molecule has 4 rings (SSSR count). The lowest BCUT2D eigenvalue weighted by molar-refractivity contribution is -0.0245. The number of imidazole rings is 1. The van der Waals surface area contributed by atoms with E-state index in [1.807, 2.05) is 30.7 Å². The van der Waals surface area contributed by atoms with Crippen LogP contribution in [0.25, 0.3) is 0 Å². The highest BCUT2D eigenvalue weighted by Crippen LogP contribution is 2.57. The SMILES string of the molecule is C=CC[C@]1(Cn2ccnc2)Sc2cc(Cl)ccc2[C@@H]1OCn1cncn1. The summed E-state index contributed by atoms with van der Waals surface area (Å²) in [5.74, 6) is 0. The first-order valence-corrected chi connectivity index (χ1v) is 9.39. The number of hydrogen-bond donors (Lipinski definition) is 0. The number of nitrogens with zero attached hydrogens (tertiary/aromatic N) is 5. The van der Waals surface area contributed by atoms with E-state index in [1.165, 1.54) is 6.33 Å². The lowest BCUT2D eigenvalue weighted by Gasteiger charge is -2.34. The summed E-state index contributed by atoms with van der Waals surface area (Å²) in [6.45, 7) is 5.05. The molecule has 0 N–H and O–H groups in total. The first-order chi connectivity index (χ1) is 12.7. The number of thioether (sulfide) groups is 1. The van der Waals surface area contributed by atoms with Gasteiger partial charge in [0.2, 0.25) is 0 Å². The van der Waals surface area contributed by atoms with E-state index in [2.05, 4.69) is 32.3 Å². The molecule has 3 aromatic rings. The Morgan fingerprint density at radius 1 is 1.35 bits per heavy atom. The third-order valence-electron chi connectivity index (χ3n) is 4.39. The van der Waals surface area contributed by atoms with E-state index in [4.69, 9.17) is 16.3 Å². The second kappa shape index (κ2) is 7.26. The van der Waals surface area contributed by atoms with Gasteiger partial charge in [0.05, 0.1) is 11.1 Å². The molecule has 0 amide bonds. The van der Waals surface area contributed by atoms with E-state index >= 15 is 0 Å². The summed E-state index contributed by atoms with van der Waals surface area (Å²) < 4.78 is 9.86. The molecule has 0 fully saturated rings. The van der Waals surface area contributed by atoms with Gasteiger partial charge >= 0.3 is 0 Å².